The van der Waals surface area contributed by atoms with E-state index < -0.39 is 0 Å². The average Bonchev–Trinajstić information content (AvgIpc) is 3.31. The van der Waals surface area contributed by atoms with Crippen molar-refractivity contribution in [2.45, 2.75) is 38.2 Å². The summed E-state index contributed by atoms with van der Waals surface area (Å²) in [5.74, 6) is 1.53. The Kier molecular flexibility index (Phi) is 5.00. The van der Waals surface area contributed by atoms with Crippen LogP contribution >= 0.6 is 11.8 Å². The molecular formula is C21H20N4O2S. The number of aromatic nitrogens is 4. The molecule has 0 saturated carbocycles. The Morgan fingerprint density at radius 3 is 2.07 bits per heavy atom. The molecule has 28 heavy (non-hydrogen) atoms. The molecule has 0 unspecified atom stereocenters. The van der Waals surface area contributed by atoms with Crippen molar-refractivity contribution in [3.05, 3.63) is 65.0 Å². The van der Waals surface area contributed by atoms with Gasteiger partial charge in [0.15, 0.2) is 0 Å². The monoisotopic (exact) mass is 392 g/mol. The van der Waals surface area contributed by atoms with E-state index in [0.29, 0.717) is 22.9 Å². The molecule has 0 spiro atoms. The molecule has 0 fully saturated rings. The third-order valence-electron chi connectivity index (χ3n) is 4.24. The van der Waals surface area contributed by atoms with E-state index in [-0.39, 0.29) is 5.25 Å². The summed E-state index contributed by atoms with van der Waals surface area (Å²) >= 11 is 1.40. The molecule has 0 saturated heterocycles. The zero-order valence-corrected chi connectivity index (χ0v) is 16.9. The van der Waals surface area contributed by atoms with Crippen LogP contribution < -0.4 is 0 Å². The molecule has 6 nitrogen and oxygen atoms in total. The first-order chi connectivity index (χ1) is 13.5. The molecule has 4 rings (SSSR count). The average molecular weight is 392 g/mol. The third-order valence-corrected chi connectivity index (χ3v) is 5.16. The molecule has 0 aliphatic rings. The van der Waals surface area contributed by atoms with Gasteiger partial charge in [0.2, 0.25) is 17.7 Å². The van der Waals surface area contributed by atoms with Crippen LogP contribution in [-0.2, 0) is 0 Å². The Balaban J connectivity index is 1.49. The number of nitrogens with zero attached hydrogens (tertiary/aromatic N) is 4. The van der Waals surface area contributed by atoms with Gasteiger partial charge in [0, 0.05) is 11.1 Å². The Bertz CT molecular complexity index is 1080. The molecule has 0 bridgehead atoms. The van der Waals surface area contributed by atoms with Crippen molar-refractivity contribution >= 4 is 11.8 Å². The first kappa shape index (κ1) is 18.4. The summed E-state index contributed by atoms with van der Waals surface area (Å²) in [6.45, 7) is 8.11. The van der Waals surface area contributed by atoms with Crippen molar-refractivity contribution in [2.24, 2.45) is 0 Å². The van der Waals surface area contributed by atoms with Crippen LogP contribution in [0.15, 0.2) is 56.5 Å². The van der Waals surface area contributed by atoms with Gasteiger partial charge in [-0.05, 0) is 52.0 Å². The van der Waals surface area contributed by atoms with Crippen molar-refractivity contribution in [3.63, 3.8) is 0 Å². The lowest BCUT2D eigenvalue weighted by Crippen LogP contribution is -1.88. The lowest BCUT2D eigenvalue weighted by Gasteiger charge is -2.02. The van der Waals surface area contributed by atoms with Gasteiger partial charge in [0.1, 0.15) is 0 Å². The molecule has 142 valence electrons. The molecule has 1 atom stereocenters. The molecule has 2 aromatic heterocycles. The summed E-state index contributed by atoms with van der Waals surface area (Å²) < 4.78 is 11.7. The summed E-state index contributed by atoms with van der Waals surface area (Å²) in [5.41, 5.74) is 5.32. The zero-order chi connectivity index (χ0) is 19.7. The van der Waals surface area contributed by atoms with Crippen LogP contribution in [0.25, 0.3) is 22.9 Å². The zero-order valence-electron chi connectivity index (χ0n) is 16.1. The van der Waals surface area contributed by atoms with Crippen molar-refractivity contribution < 1.29 is 8.83 Å². The highest BCUT2D eigenvalue weighted by Gasteiger charge is 2.20. The lowest BCUT2D eigenvalue weighted by atomic mass is 10.1. The minimum atomic E-state index is -0.112. The van der Waals surface area contributed by atoms with Gasteiger partial charge in [-0.25, -0.2) is 0 Å². The van der Waals surface area contributed by atoms with Gasteiger partial charge in [-0.2, -0.15) is 0 Å². The minimum absolute atomic E-state index is 0.112. The number of hydrogen-bond donors (Lipinski definition) is 0. The highest BCUT2D eigenvalue weighted by Crippen LogP contribution is 2.35. The highest BCUT2D eigenvalue weighted by molar-refractivity contribution is 7.99. The normalized spacial score (nSPS) is 12.3. The summed E-state index contributed by atoms with van der Waals surface area (Å²) in [6, 6.07) is 14.2. The van der Waals surface area contributed by atoms with E-state index in [4.69, 9.17) is 8.83 Å². The predicted molar refractivity (Wildman–Crippen MR) is 108 cm³/mol. The predicted octanol–water partition coefficient (Wildman–Crippen LogP) is 5.57. The number of thioether (sulfide) groups is 1. The maximum Gasteiger partial charge on any atom is 0.277 e. The standard InChI is InChI=1S/C21H20N4O2S/c1-12-5-7-16(8-6-12)19-23-22-18(26-19)15(4)28-21-25-24-20(27-21)17-10-13(2)9-14(3)11-17/h5-11,15H,1-4H3/t15-/m1/s1. The second-order valence-corrected chi connectivity index (χ2v) is 8.11. The van der Waals surface area contributed by atoms with E-state index in [1.54, 1.807) is 0 Å². The van der Waals surface area contributed by atoms with Crippen LogP contribution in [0.1, 0.15) is 34.8 Å². The Morgan fingerprint density at radius 2 is 1.36 bits per heavy atom. The molecule has 7 heteroatoms. The number of benzene rings is 2. The van der Waals surface area contributed by atoms with Crippen molar-refractivity contribution in [1.82, 2.24) is 20.4 Å². The molecule has 0 aliphatic carbocycles. The van der Waals surface area contributed by atoms with Gasteiger partial charge >= 0.3 is 0 Å². The molecule has 0 radical (unpaired) electrons. The van der Waals surface area contributed by atoms with Gasteiger partial charge < -0.3 is 8.83 Å². The van der Waals surface area contributed by atoms with Crippen molar-refractivity contribution in [3.8, 4) is 22.9 Å². The van der Waals surface area contributed by atoms with E-state index in [1.165, 1.54) is 17.3 Å². The summed E-state index contributed by atoms with van der Waals surface area (Å²) in [5, 5.41) is 17.0. The fourth-order valence-electron chi connectivity index (χ4n) is 2.89. The molecular weight excluding hydrogens is 372 g/mol. The van der Waals surface area contributed by atoms with Crippen LogP contribution in [-0.4, -0.2) is 20.4 Å². The van der Waals surface area contributed by atoms with Gasteiger partial charge in [0.05, 0.1) is 5.25 Å². The highest BCUT2D eigenvalue weighted by atomic mass is 32.2. The smallest absolute Gasteiger partial charge is 0.277 e. The van der Waals surface area contributed by atoms with Gasteiger partial charge in [-0.3, -0.25) is 0 Å². The van der Waals surface area contributed by atoms with E-state index in [0.717, 1.165) is 22.3 Å². The molecule has 2 aromatic carbocycles. The first-order valence-electron chi connectivity index (χ1n) is 8.97. The lowest BCUT2D eigenvalue weighted by molar-refractivity contribution is 0.461. The summed E-state index contributed by atoms with van der Waals surface area (Å²) in [6.07, 6.45) is 0. The van der Waals surface area contributed by atoms with Crippen molar-refractivity contribution in [1.29, 1.82) is 0 Å². The van der Waals surface area contributed by atoms with Crippen LogP contribution in [0, 0.1) is 20.8 Å². The van der Waals surface area contributed by atoms with Crippen LogP contribution in [0.2, 0.25) is 0 Å². The van der Waals surface area contributed by atoms with E-state index in [2.05, 4.69) is 26.5 Å². The molecule has 0 N–H and O–H groups in total. The largest absolute Gasteiger partial charge is 0.419 e. The first-order valence-corrected chi connectivity index (χ1v) is 9.85. The van der Waals surface area contributed by atoms with Gasteiger partial charge in [0.25, 0.3) is 5.22 Å². The Labute approximate surface area is 167 Å². The van der Waals surface area contributed by atoms with E-state index in [1.807, 2.05) is 64.1 Å². The van der Waals surface area contributed by atoms with E-state index >= 15 is 0 Å². The SMILES string of the molecule is Cc1ccc(-c2nnc([C@@H](C)Sc3nnc(-c4cc(C)cc(C)c4)o3)o2)cc1. The third kappa shape index (κ3) is 3.99. The minimum Gasteiger partial charge on any atom is -0.419 e. The number of hydrogen-bond acceptors (Lipinski definition) is 7. The Morgan fingerprint density at radius 1 is 0.714 bits per heavy atom. The second-order valence-electron chi connectivity index (χ2n) is 6.82. The van der Waals surface area contributed by atoms with Crippen LogP contribution in [0.4, 0.5) is 0 Å². The summed E-state index contributed by atoms with van der Waals surface area (Å²) in [7, 11) is 0. The second kappa shape index (κ2) is 7.59. The van der Waals surface area contributed by atoms with Gasteiger partial charge in [-0.15, -0.1) is 20.4 Å². The molecule has 2 heterocycles. The Hall–Kier alpha value is -2.93. The van der Waals surface area contributed by atoms with Crippen molar-refractivity contribution in [2.75, 3.05) is 0 Å². The number of aryl methyl sites for hydroxylation is 3. The number of rotatable bonds is 5. The maximum absolute atomic E-state index is 5.83. The molecule has 4 aromatic rings. The quantitative estimate of drug-likeness (QED) is 0.411. The topological polar surface area (TPSA) is 77.8 Å². The van der Waals surface area contributed by atoms with Gasteiger partial charge in [-0.1, -0.05) is 46.7 Å². The molecule has 0 aliphatic heterocycles. The fraction of sp³-hybridized carbons (Fsp3) is 0.238. The fourth-order valence-corrected chi connectivity index (χ4v) is 3.60. The van der Waals surface area contributed by atoms with E-state index in [9.17, 15) is 0 Å². The maximum atomic E-state index is 5.83. The van der Waals surface area contributed by atoms with Crippen LogP contribution in [0.5, 0.6) is 0 Å². The van der Waals surface area contributed by atoms with Crippen LogP contribution in [0.3, 0.4) is 0 Å². The summed E-state index contributed by atoms with van der Waals surface area (Å²) in [4.78, 5) is 0. The molecule has 0 amide bonds.